The van der Waals surface area contributed by atoms with Gasteiger partial charge in [0.25, 0.3) is 5.56 Å². The van der Waals surface area contributed by atoms with Gasteiger partial charge in [0.15, 0.2) is 0 Å². The number of aromatic amines is 1. The zero-order valence-electron chi connectivity index (χ0n) is 16.6. The summed E-state index contributed by atoms with van der Waals surface area (Å²) in [5, 5.41) is -0.0540. The van der Waals surface area contributed by atoms with E-state index in [1.807, 2.05) is 6.07 Å². The summed E-state index contributed by atoms with van der Waals surface area (Å²) in [6, 6.07) is 14.8. The van der Waals surface area contributed by atoms with E-state index in [0.717, 1.165) is 38.9 Å². The molecule has 2 aromatic carbocycles. The predicted octanol–water partition coefficient (Wildman–Crippen LogP) is 3.82. The van der Waals surface area contributed by atoms with E-state index in [0.29, 0.717) is 12.1 Å². The van der Waals surface area contributed by atoms with Crippen molar-refractivity contribution in [1.82, 2.24) is 14.5 Å². The van der Waals surface area contributed by atoms with Crippen LogP contribution in [0.1, 0.15) is 24.8 Å². The molecule has 30 heavy (non-hydrogen) atoms. The van der Waals surface area contributed by atoms with Crippen LogP contribution in [0, 0.1) is 5.82 Å². The lowest BCUT2D eigenvalue weighted by molar-refractivity contribution is 0.292. The van der Waals surface area contributed by atoms with Gasteiger partial charge < -0.3 is 0 Å². The summed E-state index contributed by atoms with van der Waals surface area (Å²) in [4.78, 5) is 28.7. The van der Waals surface area contributed by atoms with Crippen LogP contribution in [0.2, 0.25) is 0 Å². The molecule has 0 radical (unpaired) electrons. The maximum Gasteiger partial charge on any atom is 0.328 e. The number of unbranched alkanes of at least 4 members (excludes halogenated alkanes) is 1. The van der Waals surface area contributed by atoms with E-state index in [9.17, 15) is 14.0 Å². The average Bonchev–Trinajstić information content (AvgIpc) is 2.74. The van der Waals surface area contributed by atoms with E-state index in [2.05, 4.69) is 40.2 Å². The van der Waals surface area contributed by atoms with Crippen LogP contribution in [0.25, 0.3) is 16.5 Å². The van der Waals surface area contributed by atoms with Crippen LogP contribution in [-0.4, -0.2) is 34.1 Å². The Labute approximate surface area is 180 Å². The molecule has 1 aliphatic rings. The van der Waals surface area contributed by atoms with Crippen molar-refractivity contribution in [3.63, 3.8) is 0 Å². The third-order valence-corrected chi connectivity index (χ3v) is 5.52. The summed E-state index contributed by atoms with van der Waals surface area (Å²) >= 11 is 0. The van der Waals surface area contributed by atoms with E-state index >= 15 is 0 Å². The van der Waals surface area contributed by atoms with E-state index in [1.54, 1.807) is 6.07 Å². The Bertz CT molecular complexity index is 1150. The molecule has 0 bridgehead atoms. The molecule has 2 heterocycles. The third-order valence-electron chi connectivity index (χ3n) is 5.52. The molecule has 4 rings (SSSR count). The van der Waals surface area contributed by atoms with Gasteiger partial charge in [-0.1, -0.05) is 42.5 Å². The zero-order chi connectivity index (χ0) is 20.2. The minimum atomic E-state index is -0.673. The standard InChI is InChI=1S/C23H24FN3O2.ClH/c24-19-9-6-10-20-21(19)22(28)25-23(29)27(20)14-5-4-13-26-15-11-18(12-16-26)17-7-2-1-3-8-17;/h1-3,6-11H,4-5,12-16H2,(H,25,28,29);1H. The summed E-state index contributed by atoms with van der Waals surface area (Å²) in [5.41, 5.74) is 1.89. The van der Waals surface area contributed by atoms with Crippen molar-refractivity contribution in [1.29, 1.82) is 0 Å². The van der Waals surface area contributed by atoms with Crippen molar-refractivity contribution >= 4 is 28.9 Å². The molecule has 5 nitrogen and oxygen atoms in total. The summed E-state index contributed by atoms with van der Waals surface area (Å²) in [6.45, 7) is 3.35. The average molecular weight is 430 g/mol. The molecule has 0 spiro atoms. The van der Waals surface area contributed by atoms with Gasteiger partial charge in [-0.15, -0.1) is 12.4 Å². The quantitative estimate of drug-likeness (QED) is 0.606. The van der Waals surface area contributed by atoms with Crippen LogP contribution in [0.15, 0.2) is 64.2 Å². The highest BCUT2D eigenvalue weighted by Gasteiger charge is 2.13. The van der Waals surface area contributed by atoms with Gasteiger partial charge in [0.2, 0.25) is 0 Å². The van der Waals surface area contributed by atoms with Gasteiger partial charge in [-0.2, -0.15) is 0 Å². The molecule has 7 heteroatoms. The molecule has 3 aromatic rings. The first-order chi connectivity index (χ1) is 14.1. The third kappa shape index (κ3) is 4.71. The van der Waals surface area contributed by atoms with Crippen LogP contribution < -0.4 is 11.2 Å². The Morgan fingerprint density at radius 3 is 2.47 bits per heavy atom. The topological polar surface area (TPSA) is 58.1 Å². The molecule has 1 aromatic heterocycles. The molecule has 0 atom stereocenters. The molecule has 1 aliphatic heterocycles. The summed E-state index contributed by atoms with van der Waals surface area (Å²) < 4.78 is 15.5. The number of nitrogens with one attached hydrogen (secondary N) is 1. The molecule has 0 saturated heterocycles. The Kier molecular flexibility index (Phi) is 7.24. The van der Waals surface area contributed by atoms with Gasteiger partial charge >= 0.3 is 5.69 Å². The van der Waals surface area contributed by atoms with Gasteiger partial charge in [-0.3, -0.25) is 19.2 Å². The molecule has 0 aliphatic carbocycles. The zero-order valence-corrected chi connectivity index (χ0v) is 17.5. The Hall–Kier alpha value is -2.70. The molecule has 1 N–H and O–H groups in total. The van der Waals surface area contributed by atoms with Gasteiger partial charge in [0.05, 0.1) is 10.9 Å². The van der Waals surface area contributed by atoms with E-state index in [-0.39, 0.29) is 17.8 Å². The monoisotopic (exact) mass is 429 g/mol. The normalized spacial score (nSPS) is 14.4. The van der Waals surface area contributed by atoms with Crippen molar-refractivity contribution < 1.29 is 4.39 Å². The molecule has 0 fully saturated rings. The fourth-order valence-corrected chi connectivity index (χ4v) is 3.96. The number of halogens is 2. The number of fused-ring (bicyclic) bond motifs is 1. The maximum atomic E-state index is 14.0. The minimum absolute atomic E-state index is 0. The van der Waals surface area contributed by atoms with Crippen LogP contribution in [0.4, 0.5) is 4.39 Å². The molecule has 0 amide bonds. The molecular weight excluding hydrogens is 405 g/mol. The molecule has 158 valence electrons. The summed E-state index contributed by atoms with van der Waals surface area (Å²) in [5.74, 6) is -0.605. The second-order valence-corrected chi connectivity index (χ2v) is 7.40. The first-order valence-corrected chi connectivity index (χ1v) is 10.0. The first-order valence-electron chi connectivity index (χ1n) is 10.0. The number of hydrogen-bond acceptors (Lipinski definition) is 3. The lowest BCUT2D eigenvalue weighted by Crippen LogP contribution is -2.32. The summed E-state index contributed by atoms with van der Waals surface area (Å²) in [6.07, 6.45) is 5.04. The van der Waals surface area contributed by atoms with Crippen molar-refractivity contribution in [3.05, 3.63) is 86.8 Å². The van der Waals surface area contributed by atoms with E-state index in [4.69, 9.17) is 0 Å². The predicted molar refractivity (Wildman–Crippen MR) is 121 cm³/mol. The van der Waals surface area contributed by atoms with Crippen molar-refractivity contribution in [2.75, 3.05) is 19.6 Å². The van der Waals surface area contributed by atoms with Gasteiger partial charge in [0, 0.05) is 19.6 Å². The number of aromatic nitrogens is 2. The number of nitrogens with zero attached hydrogens (tertiary/aromatic N) is 2. The number of aryl methyl sites for hydroxylation is 1. The molecule has 0 unspecified atom stereocenters. The van der Waals surface area contributed by atoms with Crippen molar-refractivity contribution in [3.8, 4) is 0 Å². The highest BCUT2D eigenvalue weighted by atomic mass is 35.5. The van der Waals surface area contributed by atoms with E-state index in [1.165, 1.54) is 27.8 Å². The van der Waals surface area contributed by atoms with Gasteiger partial charge in [0.1, 0.15) is 5.82 Å². The van der Waals surface area contributed by atoms with Crippen LogP contribution in [0.5, 0.6) is 0 Å². The highest BCUT2D eigenvalue weighted by Crippen LogP contribution is 2.22. The Morgan fingerprint density at radius 2 is 1.73 bits per heavy atom. The highest BCUT2D eigenvalue weighted by molar-refractivity contribution is 5.85. The molecule has 0 saturated carbocycles. The minimum Gasteiger partial charge on any atom is -0.299 e. The number of hydrogen-bond donors (Lipinski definition) is 1. The second kappa shape index (κ2) is 9.87. The van der Waals surface area contributed by atoms with Crippen molar-refractivity contribution in [2.24, 2.45) is 0 Å². The Balaban J connectivity index is 0.00000256. The largest absolute Gasteiger partial charge is 0.328 e. The van der Waals surface area contributed by atoms with Crippen molar-refractivity contribution in [2.45, 2.75) is 25.8 Å². The maximum absolute atomic E-state index is 14.0. The lowest BCUT2D eigenvalue weighted by atomic mass is 9.99. The number of rotatable bonds is 6. The van der Waals surface area contributed by atoms with Crippen LogP contribution >= 0.6 is 12.4 Å². The molecular formula is C23H25ClFN3O2. The SMILES string of the molecule is Cl.O=c1[nH]c(=O)n(CCCCN2CC=C(c3ccccc3)CC2)c2cccc(F)c12. The van der Waals surface area contributed by atoms with Crippen LogP contribution in [0.3, 0.4) is 0 Å². The number of H-pyrrole nitrogens is 1. The second-order valence-electron chi connectivity index (χ2n) is 7.40. The Morgan fingerprint density at radius 1 is 0.967 bits per heavy atom. The lowest BCUT2D eigenvalue weighted by Gasteiger charge is -2.26. The number of benzene rings is 2. The van der Waals surface area contributed by atoms with Crippen LogP contribution in [-0.2, 0) is 6.54 Å². The van der Waals surface area contributed by atoms with E-state index < -0.39 is 17.1 Å². The summed E-state index contributed by atoms with van der Waals surface area (Å²) in [7, 11) is 0. The smallest absolute Gasteiger partial charge is 0.299 e. The fraction of sp³-hybridized carbons (Fsp3) is 0.304. The van der Waals surface area contributed by atoms with Gasteiger partial charge in [-0.25, -0.2) is 9.18 Å². The van der Waals surface area contributed by atoms with Gasteiger partial charge in [-0.05, 0) is 49.1 Å². The first kappa shape index (κ1) is 22.0. The fourth-order valence-electron chi connectivity index (χ4n) is 3.96.